The van der Waals surface area contributed by atoms with Gasteiger partial charge in [0.15, 0.2) is 0 Å². The Labute approximate surface area is 136 Å². The number of hydrogen-bond donors (Lipinski definition) is 3. The van der Waals surface area contributed by atoms with E-state index >= 15 is 0 Å². The average molecular weight is 323 g/mol. The van der Waals surface area contributed by atoms with Gasteiger partial charge in [0, 0.05) is 11.6 Å². The number of nitrogen functional groups attached to an aromatic ring is 1. The third-order valence-corrected chi connectivity index (χ3v) is 3.50. The quantitative estimate of drug-likeness (QED) is 0.679. The Balaban J connectivity index is 2.00. The minimum atomic E-state index is -1.04. The molecule has 0 amide bonds. The van der Waals surface area contributed by atoms with Crippen molar-refractivity contribution >= 4 is 17.8 Å². The number of anilines is 1. The summed E-state index contributed by atoms with van der Waals surface area (Å²) < 4.78 is 1.44. The van der Waals surface area contributed by atoms with Crippen LogP contribution in [-0.4, -0.2) is 31.9 Å². The molecule has 0 fully saturated rings. The third kappa shape index (κ3) is 2.82. The first-order chi connectivity index (χ1) is 11.5. The lowest BCUT2D eigenvalue weighted by Gasteiger charge is -2.04. The SMILES string of the molecule is Nc1cc(-c2ccc(C(=O)O)cc2)nn1-c1cccc(C(=O)O)c1. The van der Waals surface area contributed by atoms with Crippen molar-refractivity contribution in [3.05, 3.63) is 65.7 Å². The Morgan fingerprint density at radius 1 is 0.917 bits per heavy atom. The van der Waals surface area contributed by atoms with Gasteiger partial charge in [-0.3, -0.25) is 0 Å². The fraction of sp³-hybridized carbons (Fsp3) is 0. The molecule has 0 saturated carbocycles. The third-order valence-electron chi connectivity index (χ3n) is 3.50. The lowest BCUT2D eigenvalue weighted by Crippen LogP contribution is -2.04. The Hall–Kier alpha value is -3.61. The number of rotatable bonds is 4. The summed E-state index contributed by atoms with van der Waals surface area (Å²) in [6, 6.07) is 14.2. The first-order valence-electron chi connectivity index (χ1n) is 6.99. The maximum Gasteiger partial charge on any atom is 0.335 e. The molecule has 3 aromatic rings. The fourth-order valence-electron chi connectivity index (χ4n) is 2.30. The van der Waals surface area contributed by atoms with E-state index in [0.717, 1.165) is 0 Å². The van der Waals surface area contributed by atoms with E-state index in [9.17, 15) is 9.59 Å². The van der Waals surface area contributed by atoms with Crippen LogP contribution in [-0.2, 0) is 0 Å². The molecular weight excluding hydrogens is 310 g/mol. The molecule has 0 unspecified atom stereocenters. The number of aromatic carboxylic acids is 2. The van der Waals surface area contributed by atoms with Crippen LogP contribution in [0.15, 0.2) is 54.6 Å². The lowest BCUT2D eigenvalue weighted by atomic mass is 10.1. The highest BCUT2D eigenvalue weighted by molar-refractivity contribution is 5.89. The highest BCUT2D eigenvalue weighted by atomic mass is 16.4. The van der Waals surface area contributed by atoms with Gasteiger partial charge in [0.1, 0.15) is 5.82 Å². The molecule has 7 heteroatoms. The number of hydrogen-bond acceptors (Lipinski definition) is 4. The first-order valence-corrected chi connectivity index (χ1v) is 6.99. The van der Waals surface area contributed by atoms with Crippen LogP contribution in [0.4, 0.5) is 5.82 Å². The summed E-state index contributed by atoms with van der Waals surface area (Å²) in [6.45, 7) is 0. The second-order valence-electron chi connectivity index (χ2n) is 5.10. The summed E-state index contributed by atoms with van der Waals surface area (Å²) in [5.41, 5.74) is 8.09. The molecule has 1 aromatic heterocycles. The Bertz CT molecular complexity index is 929. The maximum absolute atomic E-state index is 11.1. The number of benzene rings is 2. The summed E-state index contributed by atoms with van der Waals surface area (Å²) in [7, 11) is 0. The van der Waals surface area contributed by atoms with Crippen molar-refractivity contribution in [3.63, 3.8) is 0 Å². The van der Waals surface area contributed by atoms with E-state index < -0.39 is 11.9 Å². The molecule has 4 N–H and O–H groups in total. The van der Waals surface area contributed by atoms with Crippen molar-refractivity contribution in [1.82, 2.24) is 9.78 Å². The second kappa shape index (κ2) is 5.88. The van der Waals surface area contributed by atoms with Crippen LogP contribution in [0.1, 0.15) is 20.7 Å². The molecule has 7 nitrogen and oxygen atoms in total. The zero-order valence-corrected chi connectivity index (χ0v) is 12.4. The van der Waals surface area contributed by atoms with Crippen molar-refractivity contribution in [2.45, 2.75) is 0 Å². The standard InChI is InChI=1S/C17H13N3O4/c18-15-9-14(10-4-6-11(7-5-10)16(21)22)19-20(15)13-3-1-2-12(8-13)17(23)24/h1-9H,18H2,(H,21,22)(H,23,24). The van der Waals surface area contributed by atoms with Gasteiger partial charge in [0.25, 0.3) is 0 Å². The molecular formula is C17H13N3O4. The molecule has 0 spiro atoms. The van der Waals surface area contributed by atoms with Gasteiger partial charge < -0.3 is 15.9 Å². The van der Waals surface area contributed by atoms with E-state index in [4.69, 9.17) is 15.9 Å². The van der Waals surface area contributed by atoms with Gasteiger partial charge in [-0.25, -0.2) is 14.3 Å². The largest absolute Gasteiger partial charge is 0.478 e. The Morgan fingerprint density at radius 3 is 2.21 bits per heavy atom. The number of aromatic nitrogens is 2. The molecule has 0 aliphatic carbocycles. The van der Waals surface area contributed by atoms with Crippen molar-refractivity contribution in [2.75, 3.05) is 5.73 Å². The van der Waals surface area contributed by atoms with Gasteiger partial charge in [-0.15, -0.1) is 0 Å². The molecule has 0 aliphatic rings. The smallest absolute Gasteiger partial charge is 0.335 e. The van der Waals surface area contributed by atoms with Gasteiger partial charge in [-0.2, -0.15) is 5.10 Å². The number of carbonyl (C=O) groups is 2. The Morgan fingerprint density at radius 2 is 1.58 bits per heavy atom. The molecule has 0 atom stereocenters. The molecule has 0 bridgehead atoms. The average Bonchev–Trinajstić information content (AvgIpc) is 2.97. The van der Waals surface area contributed by atoms with E-state index in [1.807, 2.05) is 0 Å². The summed E-state index contributed by atoms with van der Waals surface area (Å²) in [4.78, 5) is 22.0. The monoisotopic (exact) mass is 323 g/mol. The molecule has 3 rings (SSSR count). The Kier molecular flexibility index (Phi) is 3.75. The van der Waals surface area contributed by atoms with Crippen molar-refractivity contribution in [1.29, 1.82) is 0 Å². The van der Waals surface area contributed by atoms with Gasteiger partial charge >= 0.3 is 11.9 Å². The number of carboxylic acid groups (broad SMARTS) is 2. The van der Waals surface area contributed by atoms with Crippen LogP contribution in [0.2, 0.25) is 0 Å². The highest BCUT2D eigenvalue weighted by Gasteiger charge is 2.11. The van der Waals surface area contributed by atoms with E-state index in [-0.39, 0.29) is 11.1 Å². The van der Waals surface area contributed by atoms with Gasteiger partial charge in [-0.1, -0.05) is 18.2 Å². The number of nitrogens with two attached hydrogens (primary N) is 1. The lowest BCUT2D eigenvalue weighted by molar-refractivity contribution is 0.0686. The zero-order valence-electron chi connectivity index (χ0n) is 12.4. The normalized spacial score (nSPS) is 10.5. The molecule has 0 aliphatic heterocycles. The van der Waals surface area contributed by atoms with Crippen LogP contribution < -0.4 is 5.73 Å². The molecule has 2 aromatic carbocycles. The topological polar surface area (TPSA) is 118 Å². The predicted octanol–water partition coefficient (Wildman–Crippen LogP) is 2.52. The van der Waals surface area contributed by atoms with Gasteiger partial charge in [-0.05, 0) is 30.3 Å². The van der Waals surface area contributed by atoms with Gasteiger partial charge in [0.2, 0.25) is 0 Å². The summed E-state index contributed by atoms with van der Waals surface area (Å²) in [6.07, 6.45) is 0. The minimum absolute atomic E-state index is 0.134. The van der Waals surface area contributed by atoms with E-state index in [2.05, 4.69) is 5.10 Å². The highest BCUT2D eigenvalue weighted by Crippen LogP contribution is 2.24. The van der Waals surface area contributed by atoms with E-state index in [1.54, 1.807) is 30.3 Å². The number of carboxylic acids is 2. The second-order valence-corrected chi connectivity index (χ2v) is 5.10. The van der Waals surface area contributed by atoms with Crippen LogP contribution in [0.25, 0.3) is 16.9 Å². The van der Waals surface area contributed by atoms with Crippen LogP contribution in [0, 0.1) is 0 Å². The van der Waals surface area contributed by atoms with Gasteiger partial charge in [0.05, 0.1) is 22.5 Å². The van der Waals surface area contributed by atoms with Crippen LogP contribution in [0.5, 0.6) is 0 Å². The maximum atomic E-state index is 11.1. The number of nitrogens with zero attached hydrogens (tertiary/aromatic N) is 2. The molecule has 24 heavy (non-hydrogen) atoms. The van der Waals surface area contributed by atoms with E-state index in [1.165, 1.54) is 28.9 Å². The summed E-state index contributed by atoms with van der Waals surface area (Å²) >= 11 is 0. The molecule has 1 heterocycles. The molecule has 120 valence electrons. The summed E-state index contributed by atoms with van der Waals surface area (Å²) in [5, 5.41) is 22.4. The minimum Gasteiger partial charge on any atom is -0.478 e. The van der Waals surface area contributed by atoms with Crippen molar-refractivity contribution < 1.29 is 19.8 Å². The molecule has 0 radical (unpaired) electrons. The van der Waals surface area contributed by atoms with Crippen molar-refractivity contribution in [3.8, 4) is 16.9 Å². The zero-order chi connectivity index (χ0) is 17.3. The van der Waals surface area contributed by atoms with Crippen molar-refractivity contribution in [2.24, 2.45) is 0 Å². The van der Waals surface area contributed by atoms with Crippen LogP contribution in [0.3, 0.4) is 0 Å². The first kappa shape index (κ1) is 15.3. The predicted molar refractivity (Wildman–Crippen MR) is 87.3 cm³/mol. The van der Waals surface area contributed by atoms with Crippen LogP contribution >= 0.6 is 0 Å². The molecule has 0 saturated heterocycles. The summed E-state index contributed by atoms with van der Waals surface area (Å²) in [5.74, 6) is -1.70. The fourth-order valence-corrected chi connectivity index (χ4v) is 2.30. The van der Waals surface area contributed by atoms with E-state index in [0.29, 0.717) is 22.8 Å².